The maximum absolute atomic E-state index is 12.5. The predicted molar refractivity (Wildman–Crippen MR) is 98.6 cm³/mol. The van der Waals surface area contributed by atoms with Crippen molar-refractivity contribution >= 4 is 17.9 Å². The van der Waals surface area contributed by atoms with Gasteiger partial charge in [-0.3, -0.25) is 9.59 Å². The molecule has 0 aromatic carbocycles. The zero-order chi connectivity index (χ0) is 19.3. The highest BCUT2D eigenvalue weighted by Crippen LogP contribution is 2.34. The number of amides is 3. The van der Waals surface area contributed by atoms with Crippen molar-refractivity contribution in [1.82, 2.24) is 15.1 Å². The van der Waals surface area contributed by atoms with E-state index in [2.05, 4.69) is 19.2 Å². The average molecular weight is 367 g/mol. The molecule has 0 aromatic rings. The molecule has 0 bridgehead atoms. The van der Waals surface area contributed by atoms with Crippen LogP contribution in [0.1, 0.15) is 59.8 Å². The highest BCUT2D eigenvalue weighted by Gasteiger charge is 2.47. The van der Waals surface area contributed by atoms with E-state index in [4.69, 9.17) is 4.74 Å². The monoisotopic (exact) mass is 367 g/mol. The summed E-state index contributed by atoms with van der Waals surface area (Å²) in [5.74, 6) is 0.309. The number of carbonyl (C=O) groups is 3. The van der Waals surface area contributed by atoms with Crippen LogP contribution in [0.2, 0.25) is 0 Å². The van der Waals surface area contributed by atoms with E-state index in [1.54, 1.807) is 18.7 Å². The third kappa shape index (κ3) is 4.68. The molecule has 0 radical (unpaired) electrons. The van der Waals surface area contributed by atoms with Gasteiger partial charge in [0.25, 0.3) is 0 Å². The number of likely N-dealkylation sites (tertiary alicyclic amines) is 1. The fourth-order valence-electron chi connectivity index (χ4n) is 3.77. The molecule has 3 amide bonds. The van der Waals surface area contributed by atoms with Crippen LogP contribution in [0.25, 0.3) is 0 Å². The highest BCUT2D eigenvalue weighted by atomic mass is 16.6. The van der Waals surface area contributed by atoms with Gasteiger partial charge in [-0.15, -0.1) is 0 Å². The van der Waals surface area contributed by atoms with E-state index >= 15 is 0 Å². The molecule has 2 aliphatic rings. The SMILES string of the molecule is CCC(=O)N[C@H](C)C(=O)N1CCC2(CC1)CN(CC(CC)CC)C(=O)O2. The Balaban J connectivity index is 1.88. The van der Waals surface area contributed by atoms with E-state index in [0.29, 0.717) is 44.8 Å². The largest absolute Gasteiger partial charge is 0.441 e. The smallest absolute Gasteiger partial charge is 0.410 e. The van der Waals surface area contributed by atoms with Crippen LogP contribution in [-0.4, -0.2) is 65.5 Å². The Labute approximate surface area is 156 Å². The van der Waals surface area contributed by atoms with Gasteiger partial charge in [-0.25, -0.2) is 4.79 Å². The molecule has 0 unspecified atom stereocenters. The van der Waals surface area contributed by atoms with Crippen molar-refractivity contribution in [2.75, 3.05) is 26.2 Å². The van der Waals surface area contributed by atoms with E-state index in [-0.39, 0.29) is 17.9 Å². The summed E-state index contributed by atoms with van der Waals surface area (Å²) in [4.78, 5) is 39.8. The standard InChI is InChI=1S/C19H33N3O4/c1-5-15(6-2)12-22-13-19(26-18(22)25)8-10-21(11-9-19)17(24)14(4)20-16(23)7-3/h14-15H,5-13H2,1-4H3,(H,20,23)/t14-/m1/s1. The minimum absolute atomic E-state index is 0.0696. The Hall–Kier alpha value is -1.79. The van der Waals surface area contributed by atoms with Crippen LogP contribution in [0.4, 0.5) is 4.79 Å². The number of ether oxygens (including phenoxy) is 1. The van der Waals surface area contributed by atoms with Crippen LogP contribution >= 0.6 is 0 Å². The third-order valence-electron chi connectivity index (χ3n) is 5.73. The Kier molecular flexibility index (Phi) is 6.89. The topological polar surface area (TPSA) is 79.0 Å². The first-order chi connectivity index (χ1) is 12.3. The average Bonchev–Trinajstić information content (AvgIpc) is 2.94. The van der Waals surface area contributed by atoms with E-state index in [0.717, 1.165) is 19.4 Å². The van der Waals surface area contributed by atoms with Crippen molar-refractivity contribution in [3.8, 4) is 0 Å². The second-order valence-electron chi connectivity index (χ2n) is 7.58. The number of carbonyl (C=O) groups excluding carboxylic acids is 3. The summed E-state index contributed by atoms with van der Waals surface area (Å²) in [6.45, 7) is 10.2. The molecule has 2 aliphatic heterocycles. The molecule has 7 nitrogen and oxygen atoms in total. The van der Waals surface area contributed by atoms with Gasteiger partial charge >= 0.3 is 6.09 Å². The zero-order valence-corrected chi connectivity index (χ0v) is 16.5. The Morgan fingerprint density at radius 3 is 2.35 bits per heavy atom. The molecule has 0 saturated carbocycles. The Morgan fingerprint density at radius 2 is 1.81 bits per heavy atom. The molecule has 1 atom stereocenters. The lowest BCUT2D eigenvalue weighted by atomic mass is 9.90. The van der Waals surface area contributed by atoms with Crippen molar-refractivity contribution in [3.05, 3.63) is 0 Å². The van der Waals surface area contributed by atoms with Crippen LogP contribution in [0.5, 0.6) is 0 Å². The molecule has 7 heteroatoms. The third-order valence-corrected chi connectivity index (χ3v) is 5.73. The Bertz CT molecular complexity index is 525. The molecule has 26 heavy (non-hydrogen) atoms. The molecule has 1 spiro atoms. The van der Waals surface area contributed by atoms with Crippen LogP contribution in [0.3, 0.4) is 0 Å². The first-order valence-electron chi connectivity index (χ1n) is 9.90. The fraction of sp³-hybridized carbons (Fsp3) is 0.842. The van der Waals surface area contributed by atoms with Crippen molar-refractivity contribution in [1.29, 1.82) is 0 Å². The quantitative estimate of drug-likeness (QED) is 0.748. The molecule has 2 fully saturated rings. The van der Waals surface area contributed by atoms with Gasteiger partial charge < -0.3 is 19.9 Å². The molecular formula is C19H33N3O4. The number of nitrogens with one attached hydrogen (secondary N) is 1. The minimum atomic E-state index is -0.519. The second-order valence-corrected chi connectivity index (χ2v) is 7.58. The lowest BCUT2D eigenvalue weighted by Gasteiger charge is -2.38. The van der Waals surface area contributed by atoms with Gasteiger partial charge in [-0.05, 0) is 12.8 Å². The summed E-state index contributed by atoms with van der Waals surface area (Å²) in [5, 5.41) is 2.71. The normalized spacial score (nSPS) is 20.4. The number of piperidine rings is 1. The van der Waals surface area contributed by atoms with E-state index in [1.807, 2.05) is 4.90 Å². The lowest BCUT2D eigenvalue weighted by molar-refractivity contribution is -0.138. The summed E-state index contributed by atoms with van der Waals surface area (Å²) in [5.41, 5.74) is -0.462. The van der Waals surface area contributed by atoms with E-state index in [1.165, 1.54) is 0 Å². The van der Waals surface area contributed by atoms with Crippen molar-refractivity contribution in [2.45, 2.75) is 71.4 Å². The lowest BCUT2D eigenvalue weighted by Crippen LogP contribution is -2.53. The van der Waals surface area contributed by atoms with Gasteiger partial charge in [0, 0.05) is 38.9 Å². The highest BCUT2D eigenvalue weighted by molar-refractivity contribution is 5.87. The first-order valence-corrected chi connectivity index (χ1v) is 9.90. The van der Waals surface area contributed by atoms with Crippen LogP contribution in [-0.2, 0) is 14.3 Å². The number of hydrogen-bond acceptors (Lipinski definition) is 4. The summed E-state index contributed by atoms with van der Waals surface area (Å²) < 4.78 is 5.74. The van der Waals surface area contributed by atoms with Gasteiger partial charge in [-0.1, -0.05) is 33.6 Å². The van der Waals surface area contributed by atoms with Crippen molar-refractivity contribution in [3.63, 3.8) is 0 Å². The van der Waals surface area contributed by atoms with Gasteiger partial charge in [0.15, 0.2) is 0 Å². The molecule has 0 aliphatic carbocycles. The summed E-state index contributed by atoms with van der Waals surface area (Å²) in [6, 6.07) is -0.519. The van der Waals surface area contributed by atoms with E-state index in [9.17, 15) is 14.4 Å². The molecular weight excluding hydrogens is 334 g/mol. The summed E-state index contributed by atoms with van der Waals surface area (Å²) in [6.07, 6.45) is 3.55. The minimum Gasteiger partial charge on any atom is -0.441 e. The predicted octanol–water partition coefficient (Wildman–Crippen LogP) is 2.15. The van der Waals surface area contributed by atoms with Crippen LogP contribution in [0, 0.1) is 5.92 Å². The molecule has 148 valence electrons. The van der Waals surface area contributed by atoms with Crippen LogP contribution in [0.15, 0.2) is 0 Å². The molecule has 1 N–H and O–H groups in total. The van der Waals surface area contributed by atoms with Gasteiger partial charge in [0.05, 0.1) is 6.54 Å². The first kappa shape index (κ1) is 20.5. The van der Waals surface area contributed by atoms with Gasteiger partial charge in [-0.2, -0.15) is 0 Å². The fourth-order valence-corrected chi connectivity index (χ4v) is 3.77. The molecule has 2 rings (SSSR count). The zero-order valence-electron chi connectivity index (χ0n) is 16.5. The summed E-state index contributed by atoms with van der Waals surface area (Å²) >= 11 is 0. The maximum atomic E-state index is 12.5. The van der Waals surface area contributed by atoms with Gasteiger partial charge in [0.1, 0.15) is 11.6 Å². The molecule has 2 heterocycles. The van der Waals surface area contributed by atoms with Gasteiger partial charge in [0.2, 0.25) is 11.8 Å². The van der Waals surface area contributed by atoms with Crippen molar-refractivity contribution in [2.24, 2.45) is 5.92 Å². The number of rotatable bonds is 7. The molecule has 2 saturated heterocycles. The maximum Gasteiger partial charge on any atom is 0.410 e. The van der Waals surface area contributed by atoms with Crippen LogP contribution < -0.4 is 5.32 Å². The Morgan fingerprint density at radius 1 is 1.19 bits per heavy atom. The molecule has 0 aromatic heterocycles. The number of hydrogen-bond donors (Lipinski definition) is 1. The van der Waals surface area contributed by atoms with Crippen molar-refractivity contribution < 1.29 is 19.1 Å². The number of nitrogens with zero attached hydrogens (tertiary/aromatic N) is 2. The van der Waals surface area contributed by atoms with E-state index < -0.39 is 11.6 Å². The summed E-state index contributed by atoms with van der Waals surface area (Å²) in [7, 11) is 0. The second kappa shape index (κ2) is 8.73.